The highest BCUT2D eigenvalue weighted by Crippen LogP contribution is 2.17. The fourth-order valence-electron chi connectivity index (χ4n) is 3.14. The van der Waals surface area contributed by atoms with Crippen LogP contribution in [0.1, 0.15) is 96.0 Å². The van der Waals surface area contributed by atoms with E-state index < -0.39 is 35.6 Å². The van der Waals surface area contributed by atoms with E-state index in [1.807, 2.05) is 0 Å². The summed E-state index contributed by atoms with van der Waals surface area (Å²) >= 11 is 0. The largest absolute Gasteiger partial charge is 0.466 e. The van der Waals surface area contributed by atoms with E-state index in [1.165, 1.54) is 19.3 Å². The third-order valence-electron chi connectivity index (χ3n) is 5.04. The SMILES string of the molecule is CCCCCCCOC(=O)CCCCCCCCC(=O)OCc1c(F)ccc(F)c1F. The molecule has 0 aromatic heterocycles. The smallest absolute Gasteiger partial charge is 0.306 e. The summed E-state index contributed by atoms with van der Waals surface area (Å²) in [5.41, 5.74) is -0.580. The molecule has 0 N–H and O–H groups in total. The number of benzene rings is 1. The van der Waals surface area contributed by atoms with Gasteiger partial charge in [0.05, 0.1) is 12.2 Å². The Hall–Kier alpha value is -2.05. The number of rotatable bonds is 17. The predicted molar refractivity (Wildman–Crippen MR) is 113 cm³/mol. The molecule has 0 spiro atoms. The van der Waals surface area contributed by atoms with Crippen LogP contribution in [-0.4, -0.2) is 18.5 Å². The van der Waals surface area contributed by atoms with Gasteiger partial charge in [-0.15, -0.1) is 0 Å². The van der Waals surface area contributed by atoms with Crippen LogP contribution in [0.15, 0.2) is 12.1 Å². The van der Waals surface area contributed by atoms with Gasteiger partial charge < -0.3 is 9.47 Å². The monoisotopic (exact) mass is 444 g/mol. The summed E-state index contributed by atoms with van der Waals surface area (Å²) in [6.45, 7) is 2.05. The molecule has 7 heteroatoms. The zero-order valence-electron chi connectivity index (χ0n) is 18.5. The van der Waals surface area contributed by atoms with Gasteiger partial charge in [-0.25, -0.2) is 13.2 Å². The molecule has 1 aromatic rings. The second kappa shape index (κ2) is 16.6. The molecular weight excluding hydrogens is 409 g/mol. The summed E-state index contributed by atoms with van der Waals surface area (Å²) in [7, 11) is 0. The van der Waals surface area contributed by atoms with Crippen LogP contribution in [0.5, 0.6) is 0 Å². The van der Waals surface area contributed by atoms with Crippen LogP contribution >= 0.6 is 0 Å². The van der Waals surface area contributed by atoms with Crippen molar-refractivity contribution in [3.05, 3.63) is 35.1 Å². The van der Waals surface area contributed by atoms with Crippen LogP contribution in [0.2, 0.25) is 0 Å². The van der Waals surface area contributed by atoms with Crippen LogP contribution in [0.25, 0.3) is 0 Å². The molecule has 1 rings (SSSR count). The van der Waals surface area contributed by atoms with E-state index >= 15 is 0 Å². The Bertz CT molecular complexity index is 664. The molecule has 0 atom stereocenters. The maximum Gasteiger partial charge on any atom is 0.306 e. The number of hydrogen-bond acceptors (Lipinski definition) is 4. The third kappa shape index (κ3) is 12.4. The van der Waals surface area contributed by atoms with E-state index in [2.05, 4.69) is 6.92 Å². The summed E-state index contributed by atoms with van der Waals surface area (Å²) in [5, 5.41) is 0. The van der Waals surface area contributed by atoms with Crippen molar-refractivity contribution in [1.82, 2.24) is 0 Å². The van der Waals surface area contributed by atoms with Gasteiger partial charge in [0, 0.05) is 12.8 Å². The van der Waals surface area contributed by atoms with Crippen LogP contribution in [-0.2, 0) is 25.7 Å². The van der Waals surface area contributed by atoms with Crippen molar-refractivity contribution in [1.29, 1.82) is 0 Å². The minimum absolute atomic E-state index is 0.135. The van der Waals surface area contributed by atoms with Crippen molar-refractivity contribution in [3.8, 4) is 0 Å². The molecule has 0 aliphatic rings. The molecule has 1 aromatic carbocycles. The molecule has 0 unspecified atom stereocenters. The van der Waals surface area contributed by atoms with Crippen LogP contribution < -0.4 is 0 Å². The van der Waals surface area contributed by atoms with E-state index in [-0.39, 0.29) is 12.4 Å². The van der Waals surface area contributed by atoms with Crippen LogP contribution in [0.4, 0.5) is 13.2 Å². The fraction of sp³-hybridized carbons (Fsp3) is 0.667. The lowest BCUT2D eigenvalue weighted by Gasteiger charge is -2.07. The number of hydrogen-bond donors (Lipinski definition) is 0. The standard InChI is InChI=1S/C24H35F3O4/c1-2-3-4-9-12-17-30-22(28)13-10-7-5-6-8-11-14-23(29)31-18-19-20(25)15-16-21(26)24(19)27/h15-16H,2-14,17-18H2,1H3. The van der Waals surface area contributed by atoms with Crippen LogP contribution in [0, 0.1) is 17.5 Å². The van der Waals surface area contributed by atoms with Gasteiger partial charge in [-0.05, 0) is 31.4 Å². The first-order valence-electron chi connectivity index (χ1n) is 11.4. The normalized spacial score (nSPS) is 10.8. The maximum absolute atomic E-state index is 13.5. The highest BCUT2D eigenvalue weighted by Gasteiger charge is 2.15. The van der Waals surface area contributed by atoms with Crippen molar-refractivity contribution in [2.45, 2.75) is 97.0 Å². The number of ether oxygens (including phenoxy) is 2. The third-order valence-corrected chi connectivity index (χ3v) is 5.04. The lowest BCUT2D eigenvalue weighted by atomic mass is 10.1. The second-order valence-electron chi connectivity index (χ2n) is 7.74. The molecule has 0 heterocycles. The quantitative estimate of drug-likeness (QED) is 0.151. The highest BCUT2D eigenvalue weighted by molar-refractivity contribution is 5.69. The molecule has 0 bridgehead atoms. The molecule has 0 aliphatic carbocycles. The van der Waals surface area contributed by atoms with Gasteiger partial charge in [0.15, 0.2) is 11.6 Å². The fourth-order valence-corrected chi connectivity index (χ4v) is 3.14. The number of carbonyl (C=O) groups is 2. The molecule has 0 fully saturated rings. The molecule has 0 saturated carbocycles. The van der Waals surface area contributed by atoms with Gasteiger partial charge in [-0.2, -0.15) is 0 Å². The Morgan fingerprint density at radius 1 is 0.710 bits per heavy atom. The van der Waals surface area contributed by atoms with E-state index in [0.717, 1.165) is 51.0 Å². The van der Waals surface area contributed by atoms with E-state index in [4.69, 9.17) is 9.47 Å². The van der Waals surface area contributed by atoms with Crippen LogP contribution in [0.3, 0.4) is 0 Å². The zero-order valence-corrected chi connectivity index (χ0v) is 18.5. The van der Waals surface area contributed by atoms with Gasteiger partial charge in [0.1, 0.15) is 12.4 Å². The summed E-state index contributed by atoms with van der Waals surface area (Å²) in [4.78, 5) is 23.3. The first-order chi connectivity index (χ1) is 15.0. The highest BCUT2D eigenvalue weighted by atomic mass is 19.2. The predicted octanol–water partition coefficient (Wildman–Crippen LogP) is 6.78. The van der Waals surface area contributed by atoms with E-state index in [0.29, 0.717) is 25.5 Å². The minimum atomic E-state index is -1.33. The topological polar surface area (TPSA) is 52.6 Å². The number of esters is 2. The van der Waals surface area contributed by atoms with Gasteiger partial charge in [0.2, 0.25) is 0 Å². The van der Waals surface area contributed by atoms with Crippen molar-refractivity contribution >= 4 is 11.9 Å². The lowest BCUT2D eigenvalue weighted by Crippen LogP contribution is -2.08. The van der Waals surface area contributed by atoms with Crippen molar-refractivity contribution < 1.29 is 32.2 Å². The first-order valence-corrected chi connectivity index (χ1v) is 11.4. The first kappa shape index (κ1) is 27.0. The Labute approximate surface area is 183 Å². The Morgan fingerprint density at radius 2 is 1.23 bits per heavy atom. The Balaban J connectivity index is 1.97. The zero-order chi connectivity index (χ0) is 22.9. The maximum atomic E-state index is 13.5. The average molecular weight is 445 g/mol. The van der Waals surface area contributed by atoms with Gasteiger partial charge in [-0.1, -0.05) is 58.3 Å². The molecule has 4 nitrogen and oxygen atoms in total. The lowest BCUT2D eigenvalue weighted by molar-refractivity contribution is -0.145. The average Bonchev–Trinajstić information content (AvgIpc) is 2.75. The minimum Gasteiger partial charge on any atom is -0.466 e. The summed E-state index contributed by atoms with van der Waals surface area (Å²) in [5.74, 6) is -4.15. The number of carbonyl (C=O) groups excluding carboxylic acids is 2. The van der Waals surface area contributed by atoms with E-state index in [1.54, 1.807) is 0 Å². The molecule has 0 radical (unpaired) electrons. The van der Waals surface area contributed by atoms with Gasteiger partial charge in [0.25, 0.3) is 0 Å². The number of halogens is 3. The molecule has 31 heavy (non-hydrogen) atoms. The Morgan fingerprint density at radius 3 is 1.87 bits per heavy atom. The summed E-state index contributed by atoms with van der Waals surface area (Å²) < 4.78 is 50.1. The summed E-state index contributed by atoms with van der Waals surface area (Å²) in [6, 6.07) is 1.49. The summed E-state index contributed by atoms with van der Waals surface area (Å²) in [6.07, 6.45) is 11.3. The van der Waals surface area contributed by atoms with Crippen molar-refractivity contribution in [3.63, 3.8) is 0 Å². The molecular formula is C24H35F3O4. The Kier molecular flexibility index (Phi) is 14.5. The number of unbranched alkanes of at least 4 members (excludes halogenated alkanes) is 9. The molecule has 0 aliphatic heterocycles. The van der Waals surface area contributed by atoms with Gasteiger partial charge in [-0.3, -0.25) is 9.59 Å². The molecule has 176 valence electrons. The van der Waals surface area contributed by atoms with Crippen molar-refractivity contribution in [2.24, 2.45) is 0 Å². The second-order valence-corrected chi connectivity index (χ2v) is 7.74. The van der Waals surface area contributed by atoms with Gasteiger partial charge >= 0.3 is 11.9 Å². The van der Waals surface area contributed by atoms with E-state index in [9.17, 15) is 22.8 Å². The van der Waals surface area contributed by atoms with Crippen molar-refractivity contribution in [2.75, 3.05) is 6.61 Å². The molecule has 0 saturated heterocycles. The molecule has 0 amide bonds.